The number of hydrogen-bond acceptors (Lipinski definition) is 5. The minimum atomic E-state index is -1.27. The minimum absolute atomic E-state index is 0.0993. The van der Waals surface area contributed by atoms with Gasteiger partial charge >= 0.3 is 5.97 Å². The Balaban J connectivity index is 2.60. The van der Waals surface area contributed by atoms with E-state index in [9.17, 15) is 14.9 Å². The second kappa shape index (κ2) is 8.11. The molecule has 0 amide bonds. The number of hydrogen-bond donors (Lipinski definition) is 1. The number of aromatic carboxylic acids is 1. The summed E-state index contributed by atoms with van der Waals surface area (Å²) in [5.41, 5.74) is -0.512. The van der Waals surface area contributed by atoms with Crippen LogP contribution in [0.3, 0.4) is 0 Å². The fourth-order valence-electron chi connectivity index (χ4n) is 1.48. The van der Waals surface area contributed by atoms with E-state index in [0.717, 1.165) is 18.9 Å². The maximum Gasteiger partial charge on any atom is 0.339 e. The standard InChI is InChI=1S/C13H17NO6/c1-2-3-6-19-7-8-20-12-5-4-10(14(17)18)9-11(12)13(15)16/h4-5,9H,2-3,6-8H2,1H3,(H,15,16). The molecule has 0 spiro atoms. The van der Waals surface area contributed by atoms with Gasteiger partial charge in [-0.2, -0.15) is 0 Å². The first-order chi connectivity index (χ1) is 9.56. The Bertz CT molecular complexity index is 474. The molecule has 7 nitrogen and oxygen atoms in total. The summed E-state index contributed by atoms with van der Waals surface area (Å²) >= 11 is 0. The lowest BCUT2D eigenvalue weighted by atomic mass is 10.2. The Kier molecular flexibility index (Phi) is 6.45. The number of rotatable bonds is 9. The Hall–Kier alpha value is -2.15. The molecule has 7 heteroatoms. The molecule has 0 aromatic heterocycles. The minimum Gasteiger partial charge on any atom is -0.490 e. The van der Waals surface area contributed by atoms with Crippen molar-refractivity contribution in [3.63, 3.8) is 0 Å². The van der Waals surface area contributed by atoms with Crippen molar-refractivity contribution in [1.82, 2.24) is 0 Å². The third-order valence-corrected chi connectivity index (χ3v) is 2.53. The van der Waals surface area contributed by atoms with Gasteiger partial charge in [0.25, 0.3) is 5.69 Å². The fourth-order valence-corrected chi connectivity index (χ4v) is 1.48. The molecule has 0 unspecified atom stereocenters. The number of non-ortho nitro benzene ring substituents is 1. The molecule has 1 rings (SSSR count). The topological polar surface area (TPSA) is 98.9 Å². The lowest BCUT2D eigenvalue weighted by Crippen LogP contribution is -2.10. The van der Waals surface area contributed by atoms with Gasteiger partial charge in [0.05, 0.1) is 11.5 Å². The van der Waals surface area contributed by atoms with Gasteiger partial charge in [0.1, 0.15) is 17.9 Å². The number of carbonyl (C=O) groups is 1. The Morgan fingerprint density at radius 1 is 1.35 bits per heavy atom. The largest absolute Gasteiger partial charge is 0.490 e. The summed E-state index contributed by atoms with van der Waals surface area (Å²) < 4.78 is 10.6. The van der Waals surface area contributed by atoms with E-state index in [2.05, 4.69) is 6.92 Å². The first kappa shape index (κ1) is 15.9. The average molecular weight is 283 g/mol. The maximum atomic E-state index is 11.0. The predicted molar refractivity (Wildman–Crippen MR) is 71.3 cm³/mol. The summed E-state index contributed by atoms with van der Waals surface area (Å²) in [6, 6.07) is 3.48. The Morgan fingerprint density at radius 2 is 2.10 bits per heavy atom. The van der Waals surface area contributed by atoms with Gasteiger partial charge in [-0.05, 0) is 12.5 Å². The molecule has 0 bridgehead atoms. The lowest BCUT2D eigenvalue weighted by Gasteiger charge is -2.09. The van der Waals surface area contributed by atoms with Gasteiger partial charge in [0.15, 0.2) is 0 Å². The van der Waals surface area contributed by atoms with Crippen LogP contribution in [0.15, 0.2) is 18.2 Å². The zero-order valence-corrected chi connectivity index (χ0v) is 11.2. The van der Waals surface area contributed by atoms with Crippen LogP contribution in [0.25, 0.3) is 0 Å². The number of carboxylic acid groups (broad SMARTS) is 1. The molecule has 20 heavy (non-hydrogen) atoms. The van der Waals surface area contributed by atoms with Crippen LogP contribution in [0.2, 0.25) is 0 Å². The zero-order chi connectivity index (χ0) is 15.0. The van der Waals surface area contributed by atoms with Crippen LogP contribution < -0.4 is 4.74 Å². The van der Waals surface area contributed by atoms with Crippen LogP contribution in [0.4, 0.5) is 5.69 Å². The highest BCUT2D eigenvalue weighted by Crippen LogP contribution is 2.24. The highest BCUT2D eigenvalue weighted by Gasteiger charge is 2.16. The smallest absolute Gasteiger partial charge is 0.339 e. The summed E-state index contributed by atoms with van der Waals surface area (Å²) in [6.45, 7) is 3.22. The van der Waals surface area contributed by atoms with Gasteiger partial charge in [-0.25, -0.2) is 4.79 Å². The molecule has 0 heterocycles. The average Bonchev–Trinajstić information content (AvgIpc) is 2.42. The molecular weight excluding hydrogens is 266 g/mol. The maximum absolute atomic E-state index is 11.0. The molecule has 0 saturated carbocycles. The molecule has 0 aliphatic carbocycles. The van der Waals surface area contributed by atoms with Crippen molar-refractivity contribution in [3.8, 4) is 5.75 Å². The van der Waals surface area contributed by atoms with Crippen molar-refractivity contribution in [2.45, 2.75) is 19.8 Å². The first-order valence-electron chi connectivity index (χ1n) is 6.28. The number of nitrogens with zero attached hydrogens (tertiary/aromatic N) is 1. The molecule has 0 radical (unpaired) electrons. The zero-order valence-electron chi connectivity index (χ0n) is 11.2. The van der Waals surface area contributed by atoms with Crippen LogP contribution in [-0.4, -0.2) is 35.8 Å². The Morgan fingerprint density at radius 3 is 2.70 bits per heavy atom. The third-order valence-electron chi connectivity index (χ3n) is 2.53. The van der Waals surface area contributed by atoms with E-state index in [1.807, 2.05) is 0 Å². The van der Waals surface area contributed by atoms with Crippen LogP contribution >= 0.6 is 0 Å². The van der Waals surface area contributed by atoms with E-state index in [-0.39, 0.29) is 23.6 Å². The number of ether oxygens (including phenoxy) is 2. The van der Waals surface area contributed by atoms with Gasteiger partial charge in [0.2, 0.25) is 0 Å². The quantitative estimate of drug-likeness (QED) is 0.424. The Labute approximate surface area is 116 Å². The monoisotopic (exact) mass is 283 g/mol. The normalized spacial score (nSPS) is 10.2. The van der Waals surface area contributed by atoms with E-state index in [0.29, 0.717) is 13.2 Å². The SMILES string of the molecule is CCCCOCCOc1ccc([N+](=O)[O-])cc1C(=O)O. The fraction of sp³-hybridized carbons (Fsp3) is 0.462. The van der Waals surface area contributed by atoms with Crippen molar-refractivity contribution in [2.75, 3.05) is 19.8 Å². The van der Waals surface area contributed by atoms with Crippen LogP contribution in [-0.2, 0) is 4.74 Å². The van der Waals surface area contributed by atoms with E-state index in [4.69, 9.17) is 14.6 Å². The summed E-state index contributed by atoms with van der Waals surface area (Å²) in [5.74, 6) is -1.17. The predicted octanol–water partition coefficient (Wildman–Crippen LogP) is 2.49. The summed E-state index contributed by atoms with van der Waals surface area (Å²) in [6.07, 6.45) is 1.99. The van der Waals surface area contributed by atoms with Gasteiger partial charge in [-0.15, -0.1) is 0 Å². The third kappa shape index (κ3) is 4.85. The number of nitro groups is 1. The van der Waals surface area contributed by atoms with Crippen molar-refractivity contribution in [3.05, 3.63) is 33.9 Å². The summed E-state index contributed by atoms with van der Waals surface area (Å²) in [7, 11) is 0. The first-order valence-corrected chi connectivity index (χ1v) is 6.28. The van der Waals surface area contributed by atoms with Crippen molar-refractivity contribution in [1.29, 1.82) is 0 Å². The van der Waals surface area contributed by atoms with Gasteiger partial charge < -0.3 is 14.6 Å². The van der Waals surface area contributed by atoms with Gasteiger partial charge in [-0.1, -0.05) is 13.3 Å². The van der Waals surface area contributed by atoms with E-state index in [1.54, 1.807) is 0 Å². The van der Waals surface area contributed by atoms with Crippen LogP contribution in [0, 0.1) is 10.1 Å². The number of carboxylic acids is 1. The van der Waals surface area contributed by atoms with Crippen LogP contribution in [0.5, 0.6) is 5.75 Å². The highest BCUT2D eigenvalue weighted by molar-refractivity contribution is 5.91. The molecule has 0 aliphatic heterocycles. The molecule has 1 N–H and O–H groups in total. The van der Waals surface area contributed by atoms with Crippen molar-refractivity contribution < 1.29 is 24.3 Å². The van der Waals surface area contributed by atoms with E-state index < -0.39 is 10.9 Å². The molecular formula is C13H17NO6. The van der Waals surface area contributed by atoms with Crippen molar-refractivity contribution in [2.24, 2.45) is 0 Å². The van der Waals surface area contributed by atoms with Gasteiger partial charge in [-0.3, -0.25) is 10.1 Å². The highest BCUT2D eigenvalue weighted by atomic mass is 16.6. The van der Waals surface area contributed by atoms with E-state index in [1.165, 1.54) is 12.1 Å². The van der Waals surface area contributed by atoms with Crippen molar-refractivity contribution >= 4 is 11.7 Å². The number of unbranched alkanes of at least 4 members (excludes halogenated alkanes) is 1. The summed E-state index contributed by atoms with van der Waals surface area (Å²) in [4.78, 5) is 21.0. The second-order valence-electron chi connectivity index (χ2n) is 4.06. The molecule has 0 aliphatic rings. The van der Waals surface area contributed by atoms with Crippen LogP contribution in [0.1, 0.15) is 30.1 Å². The molecule has 0 fully saturated rings. The molecule has 110 valence electrons. The molecule has 0 atom stereocenters. The summed E-state index contributed by atoms with van der Waals surface area (Å²) in [5, 5.41) is 19.6. The van der Waals surface area contributed by atoms with E-state index >= 15 is 0 Å². The number of benzene rings is 1. The molecule has 1 aromatic carbocycles. The lowest BCUT2D eigenvalue weighted by molar-refractivity contribution is -0.384. The second-order valence-corrected chi connectivity index (χ2v) is 4.06. The van der Waals surface area contributed by atoms with Gasteiger partial charge in [0, 0.05) is 18.7 Å². The molecule has 1 aromatic rings. The molecule has 0 saturated heterocycles. The number of nitro benzene ring substituents is 1.